The lowest BCUT2D eigenvalue weighted by molar-refractivity contribution is -0.363. The van der Waals surface area contributed by atoms with Gasteiger partial charge in [0.25, 0.3) is 0 Å². The van der Waals surface area contributed by atoms with Gasteiger partial charge < -0.3 is 15.7 Å². The van der Waals surface area contributed by atoms with E-state index >= 15 is 0 Å². The normalized spacial score (nSPS) is 10.1. The van der Waals surface area contributed by atoms with E-state index in [9.17, 15) is 19.3 Å². The summed E-state index contributed by atoms with van der Waals surface area (Å²) in [6.07, 6.45) is 0. The third-order valence-corrected chi connectivity index (χ3v) is 4.13. The smallest absolute Gasteiger partial charge is 0.341 e. The molecular weight excluding hydrogens is 362 g/mol. The van der Waals surface area contributed by atoms with Crippen LogP contribution in [0.5, 0.6) is 0 Å². The Morgan fingerprint density at radius 3 is 2.58 bits per heavy atom. The van der Waals surface area contributed by atoms with Crippen LogP contribution in [0.3, 0.4) is 0 Å². The number of nitrogens with one attached hydrogen (secondary N) is 4. The van der Waals surface area contributed by atoms with Gasteiger partial charge in [-0.1, -0.05) is 0 Å². The largest absolute Gasteiger partial charge is 0.480 e. The maximum atomic E-state index is 12.5. The van der Waals surface area contributed by atoms with Gasteiger partial charge in [-0.3, -0.25) is 9.59 Å². The average Bonchev–Trinajstić information content (AvgIpc) is 2.91. The summed E-state index contributed by atoms with van der Waals surface area (Å²) in [5.74, 6) is -1.95. The first-order valence-electron chi connectivity index (χ1n) is 7.35. The summed E-state index contributed by atoms with van der Waals surface area (Å²) < 4.78 is 0. The number of rotatable bonds is 7. The van der Waals surface area contributed by atoms with Gasteiger partial charge in [0.15, 0.2) is 0 Å². The number of aryl methyl sites for hydroxylation is 1. The lowest BCUT2D eigenvalue weighted by Gasteiger charge is -2.10. The number of carboxylic acid groups (broad SMARTS) is 1. The highest BCUT2D eigenvalue weighted by molar-refractivity contribution is 7.19. The molecule has 1 heterocycles. The van der Waals surface area contributed by atoms with Crippen LogP contribution in [0.15, 0.2) is 23.4 Å². The van der Waals surface area contributed by atoms with Gasteiger partial charge in [0.05, 0.1) is 11.3 Å². The highest BCUT2D eigenvalue weighted by Gasteiger charge is 2.21. The van der Waals surface area contributed by atoms with Gasteiger partial charge in [-0.05, 0) is 34.7 Å². The highest BCUT2D eigenvalue weighted by Crippen LogP contribution is 2.28. The zero-order valence-electron chi connectivity index (χ0n) is 13.9. The van der Waals surface area contributed by atoms with Crippen LogP contribution in [0, 0.1) is 11.8 Å². The number of nitrogens with zero attached hydrogens (tertiary/aromatic N) is 1. The van der Waals surface area contributed by atoms with Crippen molar-refractivity contribution in [2.24, 2.45) is 5.18 Å². The van der Waals surface area contributed by atoms with Crippen molar-refractivity contribution in [3.05, 3.63) is 34.4 Å². The molecule has 0 aliphatic carbocycles. The van der Waals surface area contributed by atoms with E-state index in [1.54, 1.807) is 6.92 Å². The second-order valence-corrected chi connectivity index (χ2v) is 6.22. The standard InChI is InChI=1S/C15H15N5O5S/c1-7-14(20-25)26-15(17-7)19-13(24)10-4-3-9(16-6-12(22)23)5-11(10)18-8(2)21/h3-5,16H,6H2,1-2H3,(H,18,21)(H,22,23)(H,17,19,24)/p+1. The van der Waals surface area contributed by atoms with Crippen molar-refractivity contribution in [2.75, 3.05) is 22.5 Å². The Bertz CT molecular complexity index is 879. The Labute approximate surface area is 151 Å². The van der Waals surface area contributed by atoms with Crippen molar-refractivity contribution < 1.29 is 24.5 Å². The SMILES string of the molecule is CC(=O)Nc1cc(NCC(=O)O)ccc1C(=O)Nc1[nH+]c(C)c(N=O)s1. The number of aromatic nitrogens is 1. The molecule has 26 heavy (non-hydrogen) atoms. The maximum absolute atomic E-state index is 12.5. The second kappa shape index (κ2) is 8.16. The number of carbonyl (C=O) groups is 3. The summed E-state index contributed by atoms with van der Waals surface area (Å²) in [7, 11) is 0. The van der Waals surface area contributed by atoms with E-state index in [0.717, 1.165) is 11.3 Å². The minimum Gasteiger partial charge on any atom is -0.480 e. The van der Waals surface area contributed by atoms with Crippen LogP contribution < -0.4 is 20.9 Å². The molecule has 5 N–H and O–H groups in total. The number of H-pyrrole nitrogens is 1. The third-order valence-electron chi connectivity index (χ3n) is 3.15. The molecule has 0 fully saturated rings. The monoisotopic (exact) mass is 378 g/mol. The molecule has 0 bridgehead atoms. The molecular formula is C15H16N5O5S+. The molecule has 1 aromatic heterocycles. The molecule has 136 valence electrons. The van der Waals surface area contributed by atoms with Crippen LogP contribution in [0.1, 0.15) is 23.0 Å². The van der Waals surface area contributed by atoms with Crippen molar-refractivity contribution in [3.8, 4) is 0 Å². The van der Waals surface area contributed by atoms with E-state index in [0.29, 0.717) is 16.5 Å². The number of amides is 2. The van der Waals surface area contributed by atoms with Gasteiger partial charge in [-0.15, -0.1) is 4.91 Å². The Balaban J connectivity index is 2.26. The molecule has 2 aromatic rings. The predicted molar refractivity (Wildman–Crippen MR) is 95.9 cm³/mol. The van der Waals surface area contributed by atoms with Gasteiger partial charge in [-0.2, -0.15) is 5.32 Å². The van der Waals surface area contributed by atoms with E-state index in [2.05, 4.69) is 26.1 Å². The van der Waals surface area contributed by atoms with Crippen molar-refractivity contribution in [2.45, 2.75) is 13.8 Å². The summed E-state index contributed by atoms with van der Waals surface area (Å²) in [6.45, 7) is 2.63. The van der Waals surface area contributed by atoms with E-state index in [1.807, 2.05) is 0 Å². The topological polar surface area (TPSA) is 151 Å². The number of anilines is 3. The van der Waals surface area contributed by atoms with E-state index in [-0.39, 0.29) is 28.7 Å². The molecule has 0 aliphatic rings. The zero-order valence-corrected chi connectivity index (χ0v) is 14.7. The first kappa shape index (κ1) is 19.0. The van der Waals surface area contributed by atoms with Crippen molar-refractivity contribution in [3.63, 3.8) is 0 Å². The van der Waals surface area contributed by atoms with Crippen molar-refractivity contribution >= 4 is 50.6 Å². The Hall–Kier alpha value is -3.34. The van der Waals surface area contributed by atoms with Gasteiger partial charge >= 0.3 is 17.0 Å². The number of benzene rings is 1. The maximum Gasteiger partial charge on any atom is 0.341 e. The zero-order chi connectivity index (χ0) is 19.3. The predicted octanol–water partition coefficient (Wildman–Crippen LogP) is 1.98. The first-order chi connectivity index (χ1) is 12.3. The highest BCUT2D eigenvalue weighted by atomic mass is 32.1. The summed E-state index contributed by atoms with van der Waals surface area (Å²) in [6, 6.07) is 4.43. The van der Waals surface area contributed by atoms with Gasteiger partial charge in [0, 0.05) is 19.5 Å². The van der Waals surface area contributed by atoms with Crippen LogP contribution in [0.25, 0.3) is 0 Å². The lowest BCUT2D eigenvalue weighted by Crippen LogP contribution is -2.20. The fraction of sp³-hybridized carbons (Fsp3) is 0.200. The molecule has 0 aliphatic heterocycles. The molecule has 1 aromatic carbocycles. The summed E-state index contributed by atoms with van der Waals surface area (Å²) in [5, 5.41) is 19.9. The molecule has 2 rings (SSSR count). The fourth-order valence-corrected chi connectivity index (χ4v) is 2.84. The van der Waals surface area contributed by atoms with Crippen LogP contribution in [-0.2, 0) is 9.59 Å². The number of aromatic amines is 1. The molecule has 2 amide bonds. The quantitative estimate of drug-likeness (QED) is 0.541. The Morgan fingerprint density at radius 2 is 2.00 bits per heavy atom. The second-order valence-electron chi connectivity index (χ2n) is 5.22. The Kier molecular flexibility index (Phi) is 5.96. The Morgan fingerprint density at radius 1 is 1.27 bits per heavy atom. The van der Waals surface area contributed by atoms with E-state index in [1.165, 1.54) is 25.1 Å². The van der Waals surface area contributed by atoms with Gasteiger partial charge in [-0.25, -0.2) is 9.78 Å². The third kappa shape index (κ3) is 4.83. The number of thiazole rings is 1. The minimum absolute atomic E-state index is 0.168. The van der Waals surface area contributed by atoms with E-state index < -0.39 is 11.9 Å². The number of aliphatic carboxylic acids is 1. The first-order valence-corrected chi connectivity index (χ1v) is 8.16. The molecule has 0 saturated heterocycles. The van der Waals surface area contributed by atoms with Crippen molar-refractivity contribution in [1.82, 2.24) is 0 Å². The minimum atomic E-state index is -1.05. The molecule has 0 saturated carbocycles. The van der Waals surface area contributed by atoms with Crippen molar-refractivity contribution in [1.29, 1.82) is 0 Å². The number of hydrogen-bond acceptors (Lipinski definition) is 7. The summed E-state index contributed by atoms with van der Waals surface area (Å²) in [5.41, 5.74) is 1.34. The van der Waals surface area contributed by atoms with Gasteiger partial charge in [0.2, 0.25) is 10.9 Å². The van der Waals surface area contributed by atoms with Crippen LogP contribution in [-0.4, -0.2) is 29.4 Å². The number of hydrogen-bond donors (Lipinski definition) is 4. The molecule has 0 atom stereocenters. The fourth-order valence-electron chi connectivity index (χ4n) is 2.06. The number of carbonyl (C=O) groups excluding carboxylic acids is 2. The summed E-state index contributed by atoms with van der Waals surface area (Å²) in [4.78, 5) is 48.0. The molecule has 0 radical (unpaired) electrons. The number of nitroso groups, excluding NO2 is 1. The average molecular weight is 378 g/mol. The van der Waals surface area contributed by atoms with Crippen LogP contribution in [0.2, 0.25) is 0 Å². The molecule has 0 spiro atoms. The lowest BCUT2D eigenvalue weighted by atomic mass is 10.1. The molecule has 11 heteroatoms. The van der Waals surface area contributed by atoms with Crippen LogP contribution in [0.4, 0.5) is 21.5 Å². The molecule has 10 nitrogen and oxygen atoms in total. The van der Waals surface area contributed by atoms with Crippen LogP contribution >= 0.6 is 11.3 Å². The summed E-state index contributed by atoms with van der Waals surface area (Å²) >= 11 is 0.985. The molecule has 0 unspecified atom stereocenters. The van der Waals surface area contributed by atoms with Gasteiger partial charge in [0.1, 0.15) is 12.2 Å². The van der Waals surface area contributed by atoms with E-state index in [4.69, 9.17) is 5.11 Å². The number of carboxylic acids is 1.